The zero-order valence-corrected chi connectivity index (χ0v) is 13.2. The third-order valence-electron chi connectivity index (χ3n) is 3.45. The van der Waals surface area contributed by atoms with E-state index in [2.05, 4.69) is 0 Å². The summed E-state index contributed by atoms with van der Waals surface area (Å²) in [6.07, 6.45) is 1.75. The Labute approximate surface area is 131 Å². The van der Waals surface area contributed by atoms with E-state index in [1.807, 2.05) is 55.5 Å². The summed E-state index contributed by atoms with van der Waals surface area (Å²) in [6.45, 7) is 2.61. The number of rotatable bonds is 8. The van der Waals surface area contributed by atoms with Gasteiger partial charge in [-0.1, -0.05) is 29.8 Å². The number of ketones is 1. The molecule has 0 aliphatic heterocycles. The number of hydrogen-bond donors (Lipinski definition) is 0. The zero-order chi connectivity index (χ0) is 15.8. The second kappa shape index (κ2) is 8.23. The van der Waals surface area contributed by atoms with Gasteiger partial charge in [0.15, 0.2) is 0 Å². The van der Waals surface area contributed by atoms with E-state index in [4.69, 9.17) is 9.47 Å². The highest BCUT2D eigenvalue weighted by Crippen LogP contribution is 2.14. The van der Waals surface area contributed by atoms with Gasteiger partial charge in [-0.3, -0.25) is 4.79 Å². The molecule has 0 N–H and O–H groups in total. The lowest BCUT2D eigenvalue weighted by Gasteiger charge is -2.06. The van der Waals surface area contributed by atoms with Gasteiger partial charge in [-0.15, -0.1) is 0 Å². The van der Waals surface area contributed by atoms with Crippen LogP contribution in [0.15, 0.2) is 48.5 Å². The molecule has 0 aliphatic carbocycles. The molecular formula is C19H22O3. The van der Waals surface area contributed by atoms with Crippen LogP contribution in [-0.4, -0.2) is 19.5 Å². The molecule has 0 aliphatic rings. The Morgan fingerprint density at radius 2 is 1.59 bits per heavy atom. The summed E-state index contributed by atoms with van der Waals surface area (Å²) < 4.78 is 10.7. The molecule has 0 amide bonds. The highest BCUT2D eigenvalue weighted by Gasteiger charge is 2.04. The van der Waals surface area contributed by atoms with Crippen LogP contribution in [0.4, 0.5) is 0 Å². The van der Waals surface area contributed by atoms with Gasteiger partial charge in [0.05, 0.1) is 13.7 Å². The van der Waals surface area contributed by atoms with Crippen molar-refractivity contribution >= 4 is 5.78 Å². The average Bonchev–Trinajstić information content (AvgIpc) is 2.54. The van der Waals surface area contributed by atoms with Gasteiger partial charge in [0.25, 0.3) is 0 Å². The first-order chi connectivity index (χ1) is 10.7. The van der Waals surface area contributed by atoms with E-state index in [-0.39, 0.29) is 5.78 Å². The van der Waals surface area contributed by atoms with E-state index < -0.39 is 0 Å². The van der Waals surface area contributed by atoms with E-state index in [9.17, 15) is 4.79 Å². The molecule has 0 saturated heterocycles. The Bertz CT molecular complexity index is 585. The molecular weight excluding hydrogens is 276 g/mol. The standard InChI is InChI=1S/C19H22O3/c1-15-5-9-19(10-6-15)22-13-3-4-17(20)14-16-7-11-18(21-2)12-8-16/h5-12H,3-4,13-14H2,1-2H3. The number of benzene rings is 2. The first-order valence-corrected chi connectivity index (χ1v) is 7.51. The molecule has 0 atom stereocenters. The molecule has 2 aromatic rings. The normalized spacial score (nSPS) is 10.3. The van der Waals surface area contributed by atoms with E-state index >= 15 is 0 Å². The van der Waals surface area contributed by atoms with Gasteiger partial charge >= 0.3 is 0 Å². The summed E-state index contributed by atoms with van der Waals surface area (Å²) >= 11 is 0. The molecule has 2 aromatic carbocycles. The lowest BCUT2D eigenvalue weighted by atomic mass is 10.1. The van der Waals surface area contributed by atoms with Crippen molar-refractivity contribution in [1.29, 1.82) is 0 Å². The van der Waals surface area contributed by atoms with Gasteiger partial charge < -0.3 is 9.47 Å². The first-order valence-electron chi connectivity index (χ1n) is 7.51. The number of carbonyl (C=O) groups is 1. The van der Waals surface area contributed by atoms with Gasteiger partial charge in [-0.05, 0) is 43.2 Å². The molecule has 0 spiro atoms. The van der Waals surface area contributed by atoms with Crippen LogP contribution in [0.25, 0.3) is 0 Å². The number of hydrogen-bond acceptors (Lipinski definition) is 3. The maximum absolute atomic E-state index is 11.9. The molecule has 116 valence electrons. The minimum Gasteiger partial charge on any atom is -0.497 e. The third kappa shape index (κ3) is 5.24. The lowest BCUT2D eigenvalue weighted by Crippen LogP contribution is -2.06. The van der Waals surface area contributed by atoms with Crippen molar-refractivity contribution in [1.82, 2.24) is 0 Å². The smallest absolute Gasteiger partial charge is 0.137 e. The van der Waals surface area contributed by atoms with Crippen LogP contribution in [0.5, 0.6) is 11.5 Å². The molecule has 0 saturated carbocycles. The van der Waals surface area contributed by atoms with Crippen molar-refractivity contribution in [3.8, 4) is 11.5 Å². The SMILES string of the molecule is COc1ccc(CC(=O)CCCOc2ccc(C)cc2)cc1. The molecule has 0 fully saturated rings. The molecule has 0 aromatic heterocycles. The van der Waals surface area contributed by atoms with Crippen LogP contribution in [0.2, 0.25) is 0 Å². The van der Waals surface area contributed by atoms with Crippen molar-refractivity contribution in [2.45, 2.75) is 26.2 Å². The fourth-order valence-electron chi connectivity index (χ4n) is 2.15. The third-order valence-corrected chi connectivity index (χ3v) is 3.45. The predicted molar refractivity (Wildman–Crippen MR) is 87.6 cm³/mol. The second-order valence-corrected chi connectivity index (χ2v) is 5.33. The molecule has 0 bridgehead atoms. The minimum atomic E-state index is 0.234. The molecule has 3 heteroatoms. The Hall–Kier alpha value is -2.29. The monoisotopic (exact) mass is 298 g/mol. The number of methoxy groups -OCH3 is 1. The van der Waals surface area contributed by atoms with Crippen LogP contribution in [-0.2, 0) is 11.2 Å². The number of ether oxygens (including phenoxy) is 2. The Balaban J connectivity index is 1.67. The molecule has 0 unspecified atom stereocenters. The van der Waals surface area contributed by atoms with Gasteiger partial charge in [-0.2, -0.15) is 0 Å². The summed E-state index contributed by atoms with van der Waals surface area (Å²) in [7, 11) is 1.63. The number of aryl methyl sites for hydroxylation is 1. The quantitative estimate of drug-likeness (QED) is 0.692. The lowest BCUT2D eigenvalue weighted by molar-refractivity contribution is -0.118. The summed E-state index contributed by atoms with van der Waals surface area (Å²) in [5, 5.41) is 0. The zero-order valence-electron chi connectivity index (χ0n) is 13.2. The maximum atomic E-state index is 11.9. The second-order valence-electron chi connectivity index (χ2n) is 5.33. The van der Waals surface area contributed by atoms with Gasteiger partial charge in [-0.25, -0.2) is 0 Å². The van der Waals surface area contributed by atoms with E-state index in [0.29, 0.717) is 19.4 Å². The fourth-order valence-corrected chi connectivity index (χ4v) is 2.15. The van der Waals surface area contributed by atoms with Crippen LogP contribution in [0.1, 0.15) is 24.0 Å². The molecule has 2 rings (SSSR count). The summed E-state index contributed by atoms with van der Waals surface area (Å²) in [5.41, 5.74) is 2.23. The topological polar surface area (TPSA) is 35.5 Å². The number of Topliss-reactive ketones (excluding diaryl/α,β-unsaturated/α-hetero) is 1. The first kappa shape index (κ1) is 16.1. The summed E-state index contributed by atoms with van der Waals surface area (Å²) in [4.78, 5) is 11.9. The van der Waals surface area contributed by atoms with Crippen molar-refractivity contribution in [2.24, 2.45) is 0 Å². The fraction of sp³-hybridized carbons (Fsp3) is 0.316. The van der Waals surface area contributed by atoms with Gasteiger partial charge in [0, 0.05) is 12.8 Å². The van der Waals surface area contributed by atoms with Crippen molar-refractivity contribution in [3.05, 3.63) is 59.7 Å². The van der Waals surface area contributed by atoms with Crippen LogP contribution in [0, 0.1) is 6.92 Å². The highest BCUT2D eigenvalue weighted by molar-refractivity contribution is 5.80. The van der Waals surface area contributed by atoms with E-state index in [0.717, 1.165) is 23.5 Å². The molecule has 3 nitrogen and oxygen atoms in total. The Morgan fingerprint density at radius 1 is 0.955 bits per heavy atom. The minimum absolute atomic E-state index is 0.234. The van der Waals surface area contributed by atoms with Crippen molar-refractivity contribution in [3.63, 3.8) is 0 Å². The Kier molecular flexibility index (Phi) is 6.01. The van der Waals surface area contributed by atoms with Gasteiger partial charge in [0.2, 0.25) is 0 Å². The summed E-state index contributed by atoms with van der Waals surface area (Å²) in [6, 6.07) is 15.6. The molecule has 0 radical (unpaired) electrons. The Morgan fingerprint density at radius 3 is 2.23 bits per heavy atom. The van der Waals surface area contributed by atoms with Crippen LogP contribution >= 0.6 is 0 Å². The summed E-state index contributed by atoms with van der Waals surface area (Å²) in [5.74, 6) is 1.90. The van der Waals surface area contributed by atoms with E-state index in [1.54, 1.807) is 7.11 Å². The average molecular weight is 298 g/mol. The van der Waals surface area contributed by atoms with Crippen molar-refractivity contribution < 1.29 is 14.3 Å². The van der Waals surface area contributed by atoms with E-state index in [1.165, 1.54) is 5.56 Å². The van der Waals surface area contributed by atoms with Crippen LogP contribution in [0.3, 0.4) is 0 Å². The molecule has 22 heavy (non-hydrogen) atoms. The molecule has 0 heterocycles. The largest absolute Gasteiger partial charge is 0.497 e. The maximum Gasteiger partial charge on any atom is 0.137 e. The highest BCUT2D eigenvalue weighted by atomic mass is 16.5. The number of carbonyl (C=O) groups excluding carboxylic acids is 1. The van der Waals surface area contributed by atoms with Crippen LogP contribution < -0.4 is 9.47 Å². The van der Waals surface area contributed by atoms with Gasteiger partial charge in [0.1, 0.15) is 17.3 Å². The predicted octanol–water partition coefficient (Wildman–Crippen LogP) is 3.97. The van der Waals surface area contributed by atoms with Crippen molar-refractivity contribution in [2.75, 3.05) is 13.7 Å².